The van der Waals surface area contributed by atoms with Crippen LogP contribution < -0.4 is 14.8 Å². The summed E-state index contributed by atoms with van der Waals surface area (Å²) in [6.45, 7) is 6.93. The average Bonchev–Trinajstić information content (AvgIpc) is 3.10. The molecule has 4 rings (SSSR count). The zero-order valence-corrected chi connectivity index (χ0v) is 18.7. The fourth-order valence-corrected chi connectivity index (χ4v) is 4.44. The van der Waals surface area contributed by atoms with E-state index in [1.54, 1.807) is 26.4 Å². The van der Waals surface area contributed by atoms with Gasteiger partial charge in [0.2, 0.25) is 0 Å². The van der Waals surface area contributed by atoms with Gasteiger partial charge in [-0.1, -0.05) is 18.2 Å². The topological polar surface area (TPSA) is 66.6 Å². The predicted octanol–water partition coefficient (Wildman–Crippen LogP) is 4.20. The van der Waals surface area contributed by atoms with Gasteiger partial charge < -0.3 is 19.8 Å². The van der Waals surface area contributed by atoms with Crippen molar-refractivity contribution in [3.63, 3.8) is 0 Å². The Morgan fingerprint density at radius 3 is 2.32 bits per heavy atom. The number of rotatable bonds is 6. The number of para-hydroxylation sites is 1. The minimum absolute atomic E-state index is 0.0819. The zero-order valence-electron chi connectivity index (χ0n) is 18.7. The summed E-state index contributed by atoms with van der Waals surface area (Å²) in [5.41, 5.74) is 5.26. The number of carbonyl (C=O) groups excluding carboxylic acids is 1. The van der Waals surface area contributed by atoms with Crippen molar-refractivity contribution in [1.82, 2.24) is 15.2 Å². The molecule has 2 aromatic carbocycles. The van der Waals surface area contributed by atoms with Crippen molar-refractivity contribution < 1.29 is 14.3 Å². The molecule has 0 saturated carbocycles. The Bertz CT molecular complexity index is 1060. The minimum Gasteiger partial charge on any atom is -0.496 e. The molecule has 0 atom stereocenters. The first-order valence-corrected chi connectivity index (χ1v) is 10.8. The normalized spacial score (nSPS) is 15.2. The number of nitrogens with one attached hydrogen (secondary N) is 2. The van der Waals surface area contributed by atoms with E-state index in [1.807, 2.05) is 6.92 Å². The van der Waals surface area contributed by atoms with Crippen molar-refractivity contribution in [2.45, 2.75) is 39.3 Å². The van der Waals surface area contributed by atoms with Crippen LogP contribution >= 0.6 is 0 Å². The van der Waals surface area contributed by atoms with Gasteiger partial charge in [-0.05, 0) is 50.5 Å². The van der Waals surface area contributed by atoms with E-state index >= 15 is 0 Å². The summed E-state index contributed by atoms with van der Waals surface area (Å²) in [5.74, 6) is 1.24. The number of hydrogen-bond acceptors (Lipinski definition) is 4. The number of H-pyrrole nitrogens is 1. The highest BCUT2D eigenvalue weighted by molar-refractivity contribution is 5.95. The number of piperidine rings is 1. The maximum absolute atomic E-state index is 12.8. The molecule has 1 aliphatic heterocycles. The maximum atomic E-state index is 12.8. The molecule has 2 N–H and O–H groups in total. The first-order chi connectivity index (χ1) is 15.0. The molecule has 1 saturated heterocycles. The Balaban J connectivity index is 1.36. The van der Waals surface area contributed by atoms with E-state index in [9.17, 15) is 4.79 Å². The third-order valence-corrected chi connectivity index (χ3v) is 6.39. The third kappa shape index (κ3) is 4.39. The average molecular weight is 422 g/mol. The molecule has 6 heteroatoms. The van der Waals surface area contributed by atoms with Crippen LogP contribution in [0.1, 0.15) is 40.0 Å². The molecule has 2 heterocycles. The van der Waals surface area contributed by atoms with Gasteiger partial charge in [-0.15, -0.1) is 0 Å². The van der Waals surface area contributed by atoms with E-state index < -0.39 is 0 Å². The lowest BCUT2D eigenvalue weighted by Crippen LogP contribution is -2.44. The summed E-state index contributed by atoms with van der Waals surface area (Å²) in [6, 6.07) is 12.2. The Hall–Kier alpha value is -2.99. The monoisotopic (exact) mass is 421 g/mol. The number of aromatic amines is 1. The molecule has 6 nitrogen and oxygen atoms in total. The molecule has 0 bridgehead atoms. The fourth-order valence-electron chi connectivity index (χ4n) is 4.44. The highest BCUT2D eigenvalue weighted by atomic mass is 16.5. The molecule has 0 spiro atoms. The Morgan fingerprint density at radius 1 is 1.06 bits per heavy atom. The molecular formula is C25H31N3O3. The molecule has 0 aliphatic carbocycles. The van der Waals surface area contributed by atoms with Gasteiger partial charge >= 0.3 is 0 Å². The van der Waals surface area contributed by atoms with Crippen LogP contribution in [0.3, 0.4) is 0 Å². The third-order valence-electron chi connectivity index (χ3n) is 6.39. The van der Waals surface area contributed by atoms with Gasteiger partial charge in [0.15, 0.2) is 0 Å². The molecule has 3 aromatic rings. The number of amides is 1. The van der Waals surface area contributed by atoms with Crippen molar-refractivity contribution in [1.29, 1.82) is 0 Å². The number of methoxy groups -OCH3 is 2. The number of aromatic nitrogens is 1. The van der Waals surface area contributed by atoms with Gasteiger partial charge in [-0.25, -0.2) is 0 Å². The Labute approximate surface area is 183 Å². The Morgan fingerprint density at radius 2 is 1.71 bits per heavy atom. The first kappa shape index (κ1) is 21.2. The summed E-state index contributed by atoms with van der Waals surface area (Å²) in [6.07, 6.45) is 1.87. The number of hydrogen-bond donors (Lipinski definition) is 2. The lowest BCUT2D eigenvalue weighted by Gasteiger charge is -2.32. The number of likely N-dealkylation sites (tertiary alicyclic amines) is 1. The van der Waals surface area contributed by atoms with Crippen LogP contribution in [-0.4, -0.2) is 49.1 Å². The van der Waals surface area contributed by atoms with Crippen molar-refractivity contribution in [2.24, 2.45) is 0 Å². The van der Waals surface area contributed by atoms with Crippen LogP contribution in [0.5, 0.6) is 11.5 Å². The van der Waals surface area contributed by atoms with Crippen molar-refractivity contribution in [3.8, 4) is 11.5 Å². The smallest absolute Gasteiger partial charge is 0.251 e. The molecule has 1 aromatic heterocycles. The van der Waals surface area contributed by atoms with Crippen LogP contribution in [-0.2, 0) is 6.54 Å². The second-order valence-corrected chi connectivity index (χ2v) is 8.30. The number of fused-ring (bicyclic) bond motifs is 1. The van der Waals surface area contributed by atoms with Gasteiger partial charge in [0.1, 0.15) is 11.5 Å². The van der Waals surface area contributed by atoms with Gasteiger partial charge in [-0.2, -0.15) is 0 Å². The minimum atomic E-state index is -0.0819. The van der Waals surface area contributed by atoms with Crippen molar-refractivity contribution in [2.75, 3.05) is 27.3 Å². The summed E-state index contributed by atoms with van der Waals surface area (Å²) >= 11 is 0. The first-order valence-electron chi connectivity index (χ1n) is 10.8. The Kier molecular flexibility index (Phi) is 6.18. The molecule has 164 valence electrons. The summed E-state index contributed by atoms with van der Waals surface area (Å²) < 4.78 is 10.8. The second kappa shape index (κ2) is 9.02. The van der Waals surface area contributed by atoms with E-state index in [0.29, 0.717) is 17.1 Å². The predicted molar refractivity (Wildman–Crippen MR) is 123 cm³/mol. The van der Waals surface area contributed by atoms with Crippen LogP contribution in [0.4, 0.5) is 0 Å². The number of ether oxygens (including phenoxy) is 2. The van der Waals surface area contributed by atoms with Crippen LogP contribution in [0.2, 0.25) is 0 Å². The molecule has 1 aliphatic rings. The van der Waals surface area contributed by atoms with E-state index in [1.165, 1.54) is 22.2 Å². The van der Waals surface area contributed by atoms with Crippen molar-refractivity contribution in [3.05, 3.63) is 58.8 Å². The summed E-state index contributed by atoms with van der Waals surface area (Å²) in [4.78, 5) is 18.9. The molecular weight excluding hydrogens is 390 g/mol. The molecule has 1 amide bonds. The van der Waals surface area contributed by atoms with E-state index in [4.69, 9.17) is 9.47 Å². The number of aryl methyl sites for hydroxylation is 1. The number of carbonyl (C=O) groups is 1. The van der Waals surface area contributed by atoms with Gasteiger partial charge in [0.25, 0.3) is 5.91 Å². The quantitative estimate of drug-likeness (QED) is 0.626. The highest BCUT2D eigenvalue weighted by Gasteiger charge is 2.23. The van der Waals surface area contributed by atoms with E-state index in [2.05, 4.69) is 46.4 Å². The fraction of sp³-hybridized carbons (Fsp3) is 0.400. The largest absolute Gasteiger partial charge is 0.496 e. The lowest BCUT2D eigenvalue weighted by atomic mass is 10.0. The van der Waals surface area contributed by atoms with Gasteiger partial charge in [-0.3, -0.25) is 9.69 Å². The standard InChI is InChI=1S/C25H31N3O3/c1-16-20-7-5-6-8-21(20)27-22(16)15-28-11-9-19(10-12-28)26-25(29)18-13-23(30-3)17(2)24(14-18)31-4/h5-8,13-14,19,27H,9-12,15H2,1-4H3,(H,26,29). The van der Waals surface area contributed by atoms with Crippen LogP contribution in [0, 0.1) is 13.8 Å². The highest BCUT2D eigenvalue weighted by Crippen LogP contribution is 2.29. The van der Waals surface area contributed by atoms with Crippen LogP contribution in [0.25, 0.3) is 10.9 Å². The summed E-state index contributed by atoms with van der Waals surface area (Å²) in [7, 11) is 3.21. The number of nitrogens with zero attached hydrogens (tertiary/aromatic N) is 1. The molecule has 31 heavy (non-hydrogen) atoms. The van der Waals surface area contributed by atoms with Crippen molar-refractivity contribution >= 4 is 16.8 Å². The van der Waals surface area contributed by atoms with E-state index in [-0.39, 0.29) is 11.9 Å². The second-order valence-electron chi connectivity index (χ2n) is 8.30. The molecule has 0 radical (unpaired) electrons. The number of benzene rings is 2. The summed E-state index contributed by atoms with van der Waals surface area (Å²) in [5, 5.41) is 4.49. The molecule has 1 fully saturated rings. The lowest BCUT2D eigenvalue weighted by molar-refractivity contribution is 0.0908. The van der Waals surface area contributed by atoms with Gasteiger partial charge in [0.05, 0.1) is 14.2 Å². The maximum Gasteiger partial charge on any atom is 0.251 e. The zero-order chi connectivity index (χ0) is 22.0. The SMILES string of the molecule is COc1cc(C(=O)NC2CCN(Cc3[nH]c4ccccc4c3C)CC2)cc(OC)c1C. The molecule has 0 unspecified atom stereocenters. The van der Waals surface area contributed by atoms with Crippen LogP contribution in [0.15, 0.2) is 36.4 Å². The van der Waals surface area contributed by atoms with E-state index in [0.717, 1.165) is 38.0 Å². The van der Waals surface area contributed by atoms with Gasteiger partial charge in [0, 0.05) is 53.4 Å².